The van der Waals surface area contributed by atoms with E-state index in [0.717, 1.165) is 57.4 Å². The van der Waals surface area contributed by atoms with Gasteiger partial charge in [0.25, 0.3) is 0 Å². The van der Waals surface area contributed by atoms with Crippen molar-refractivity contribution in [1.82, 2.24) is 15.1 Å². The summed E-state index contributed by atoms with van der Waals surface area (Å²) in [5.74, 6) is 0.156. The highest BCUT2D eigenvalue weighted by Gasteiger charge is 2.26. The fourth-order valence-electron chi connectivity index (χ4n) is 3.98. The van der Waals surface area contributed by atoms with Crippen molar-refractivity contribution in [2.24, 2.45) is 5.92 Å². The molecule has 138 valence electrons. The maximum Gasteiger partial charge on any atom is 0.223 e. The predicted octanol–water partition coefficient (Wildman–Crippen LogP) is 2.81. The average Bonchev–Trinajstić information content (AvgIpc) is 2.65. The fraction of sp³-hybridized carbons (Fsp3) is 0.650. The Kier molecular flexibility index (Phi) is 6.43. The van der Waals surface area contributed by atoms with E-state index in [1.54, 1.807) is 0 Å². The Morgan fingerprint density at radius 2 is 1.76 bits per heavy atom. The standard InChI is InChI=1S/C20H30FN3O/c1-23-11-13-24(14-12-23)19(16-7-9-18(21)10-8-16)15-22-20(25)17-5-3-2-4-6-17/h7-10,17,19H,2-6,11-15H2,1H3,(H,22,25). The van der Waals surface area contributed by atoms with Crippen molar-refractivity contribution in [1.29, 1.82) is 0 Å². The first-order chi connectivity index (χ1) is 12.1. The van der Waals surface area contributed by atoms with Crippen molar-refractivity contribution in [3.63, 3.8) is 0 Å². The summed E-state index contributed by atoms with van der Waals surface area (Å²) in [6.07, 6.45) is 5.61. The van der Waals surface area contributed by atoms with Crippen LogP contribution in [0, 0.1) is 11.7 Å². The monoisotopic (exact) mass is 347 g/mol. The van der Waals surface area contributed by atoms with Crippen LogP contribution in [0.2, 0.25) is 0 Å². The second-order valence-electron chi connectivity index (χ2n) is 7.49. The Morgan fingerprint density at radius 3 is 2.40 bits per heavy atom. The number of nitrogens with zero attached hydrogens (tertiary/aromatic N) is 2. The number of piperazine rings is 1. The molecule has 2 fully saturated rings. The number of carbonyl (C=O) groups excluding carboxylic acids is 1. The zero-order chi connectivity index (χ0) is 17.6. The molecule has 1 atom stereocenters. The molecule has 1 amide bonds. The van der Waals surface area contributed by atoms with Crippen molar-refractivity contribution < 1.29 is 9.18 Å². The predicted molar refractivity (Wildman–Crippen MR) is 97.8 cm³/mol. The quantitative estimate of drug-likeness (QED) is 0.890. The molecular formula is C20H30FN3O. The van der Waals surface area contributed by atoms with E-state index in [1.807, 2.05) is 12.1 Å². The lowest BCUT2D eigenvalue weighted by Gasteiger charge is -2.38. The third kappa shape index (κ3) is 5.02. The summed E-state index contributed by atoms with van der Waals surface area (Å²) in [6, 6.07) is 6.85. The first kappa shape index (κ1) is 18.3. The van der Waals surface area contributed by atoms with Crippen molar-refractivity contribution in [3.05, 3.63) is 35.6 Å². The molecule has 1 N–H and O–H groups in total. The van der Waals surface area contributed by atoms with Crippen LogP contribution in [0.4, 0.5) is 4.39 Å². The molecule has 4 nitrogen and oxygen atoms in total. The topological polar surface area (TPSA) is 35.6 Å². The molecule has 5 heteroatoms. The molecule has 1 saturated carbocycles. The molecule has 1 saturated heterocycles. The van der Waals surface area contributed by atoms with E-state index < -0.39 is 0 Å². The van der Waals surface area contributed by atoms with Gasteiger partial charge in [-0.3, -0.25) is 9.69 Å². The Hall–Kier alpha value is -1.46. The van der Waals surface area contributed by atoms with Gasteiger partial charge >= 0.3 is 0 Å². The van der Waals surface area contributed by atoms with Crippen LogP contribution in [0.1, 0.15) is 43.7 Å². The highest BCUT2D eigenvalue weighted by molar-refractivity contribution is 5.78. The summed E-state index contributed by atoms with van der Waals surface area (Å²) in [6.45, 7) is 4.59. The van der Waals surface area contributed by atoms with Crippen LogP contribution in [0.15, 0.2) is 24.3 Å². The average molecular weight is 347 g/mol. The molecule has 0 spiro atoms. The number of rotatable bonds is 5. The van der Waals surface area contributed by atoms with Gasteiger partial charge < -0.3 is 10.2 Å². The highest BCUT2D eigenvalue weighted by Crippen LogP contribution is 2.25. The van der Waals surface area contributed by atoms with E-state index >= 15 is 0 Å². The first-order valence-corrected chi connectivity index (χ1v) is 9.59. The number of hydrogen-bond acceptors (Lipinski definition) is 3. The van der Waals surface area contributed by atoms with Crippen molar-refractivity contribution in [2.45, 2.75) is 38.1 Å². The number of hydrogen-bond donors (Lipinski definition) is 1. The second kappa shape index (κ2) is 8.77. The molecule has 0 bridgehead atoms. The van der Waals surface area contributed by atoms with Crippen LogP contribution in [0.25, 0.3) is 0 Å². The lowest BCUT2D eigenvalue weighted by atomic mass is 9.88. The van der Waals surface area contributed by atoms with Crippen LogP contribution in [-0.4, -0.2) is 55.5 Å². The third-order valence-electron chi connectivity index (χ3n) is 5.68. The molecule has 1 aromatic rings. The Balaban J connectivity index is 1.65. The van der Waals surface area contributed by atoms with Gasteiger partial charge in [-0.1, -0.05) is 31.4 Å². The van der Waals surface area contributed by atoms with Crippen molar-refractivity contribution >= 4 is 5.91 Å². The number of carbonyl (C=O) groups is 1. The zero-order valence-corrected chi connectivity index (χ0v) is 15.2. The SMILES string of the molecule is CN1CCN(C(CNC(=O)C2CCCCC2)c2ccc(F)cc2)CC1. The third-order valence-corrected chi connectivity index (χ3v) is 5.68. The largest absolute Gasteiger partial charge is 0.354 e. The van der Waals surface area contributed by atoms with Gasteiger partial charge in [0, 0.05) is 38.6 Å². The molecule has 0 radical (unpaired) electrons. The van der Waals surface area contributed by atoms with E-state index in [1.165, 1.54) is 18.6 Å². The molecule has 1 unspecified atom stereocenters. The van der Waals surface area contributed by atoms with Gasteiger partial charge in [-0.2, -0.15) is 0 Å². The van der Waals surface area contributed by atoms with E-state index in [-0.39, 0.29) is 23.7 Å². The molecule has 0 aromatic heterocycles. The van der Waals surface area contributed by atoms with Gasteiger partial charge in [0.2, 0.25) is 5.91 Å². The number of nitrogens with one attached hydrogen (secondary N) is 1. The summed E-state index contributed by atoms with van der Waals surface area (Å²) in [5.41, 5.74) is 1.08. The second-order valence-corrected chi connectivity index (χ2v) is 7.49. The molecule has 2 aliphatic rings. The van der Waals surface area contributed by atoms with E-state index in [2.05, 4.69) is 22.2 Å². The molecule has 1 heterocycles. The zero-order valence-electron chi connectivity index (χ0n) is 15.2. The Morgan fingerprint density at radius 1 is 1.12 bits per heavy atom. The van der Waals surface area contributed by atoms with E-state index in [0.29, 0.717) is 6.54 Å². The minimum absolute atomic E-state index is 0.113. The van der Waals surface area contributed by atoms with E-state index in [9.17, 15) is 9.18 Å². The van der Waals surface area contributed by atoms with Gasteiger partial charge in [-0.05, 0) is 37.6 Å². The van der Waals surface area contributed by atoms with Crippen LogP contribution < -0.4 is 5.32 Å². The molecule has 1 aliphatic heterocycles. The summed E-state index contributed by atoms with van der Waals surface area (Å²) >= 11 is 0. The summed E-state index contributed by atoms with van der Waals surface area (Å²) in [7, 11) is 2.13. The van der Waals surface area contributed by atoms with Gasteiger partial charge in [0.1, 0.15) is 5.82 Å². The normalized spacial score (nSPS) is 21.8. The van der Waals surface area contributed by atoms with Crippen molar-refractivity contribution in [2.75, 3.05) is 39.8 Å². The van der Waals surface area contributed by atoms with Crippen LogP contribution in [0.5, 0.6) is 0 Å². The summed E-state index contributed by atoms with van der Waals surface area (Å²) in [4.78, 5) is 17.3. The number of benzene rings is 1. The lowest BCUT2D eigenvalue weighted by Crippen LogP contribution is -2.49. The highest BCUT2D eigenvalue weighted by atomic mass is 19.1. The van der Waals surface area contributed by atoms with E-state index in [4.69, 9.17) is 0 Å². The number of amides is 1. The maximum atomic E-state index is 13.3. The van der Waals surface area contributed by atoms with Crippen LogP contribution in [-0.2, 0) is 4.79 Å². The molecular weight excluding hydrogens is 317 g/mol. The van der Waals surface area contributed by atoms with Crippen LogP contribution >= 0.6 is 0 Å². The van der Waals surface area contributed by atoms with Gasteiger partial charge in [-0.15, -0.1) is 0 Å². The molecule has 3 rings (SSSR count). The molecule has 1 aromatic carbocycles. The Labute approximate surface area is 150 Å². The molecule has 1 aliphatic carbocycles. The van der Waals surface area contributed by atoms with Gasteiger partial charge in [0.05, 0.1) is 6.04 Å². The number of likely N-dealkylation sites (N-methyl/N-ethyl adjacent to an activating group) is 1. The van der Waals surface area contributed by atoms with Crippen molar-refractivity contribution in [3.8, 4) is 0 Å². The smallest absolute Gasteiger partial charge is 0.223 e. The van der Waals surface area contributed by atoms with Crippen LogP contribution in [0.3, 0.4) is 0 Å². The summed E-state index contributed by atoms with van der Waals surface area (Å²) < 4.78 is 13.3. The minimum Gasteiger partial charge on any atom is -0.354 e. The van der Waals surface area contributed by atoms with Gasteiger partial charge in [0.15, 0.2) is 0 Å². The first-order valence-electron chi connectivity index (χ1n) is 9.59. The summed E-state index contributed by atoms with van der Waals surface area (Å²) in [5, 5.41) is 3.19. The fourth-order valence-corrected chi connectivity index (χ4v) is 3.98. The lowest BCUT2D eigenvalue weighted by molar-refractivity contribution is -0.126. The Bertz CT molecular complexity index is 549. The number of halogens is 1. The van der Waals surface area contributed by atoms with Gasteiger partial charge in [-0.25, -0.2) is 4.39 Å². The maximum absolute atomic E-state index is 13.3. The minimum atomic E-state index is -0.216. The molecule has 25 heavy (non-hydrogen) atoms.